The highest BCUT2D eigenvalue weighted by molar-refractivity contribution is 5.97. The molecule has 4 aromatic heterocycles. The van der Waals surface area contributed by atoms with Crippen molar-refractivity contribution in [1.29, 1.82) is 0 Å². The van der Waals surface area contributed by atoms with E-state index < -0.39 is 35.4 Å². The number of amides is 2. The van der Waals surface area contributed by atoms with Crippen molar-refractivity contribution in [2.45, 2.75) is 148 Å². The summed E-state index contributed by atoms with van der Waals surface area (Å²) < 4.78 is 76.4. The van der Waals surface area contributed by atoms with Gasteiger partial charge in [-0.05, 0) is 152 Å². The summed E-state index contributed by atoms with van der Waals surface area (Å²) in [6.07, 6.45) is 7.10. The van der Waals surface area contributed by atoms with Gasteiger partial charge >= 0.3 is 5.97 Å². The van der Waals surface area contributed by atoms with Crippen LogP contribution in [0.25, 0.3) is 44.3 Å². The van der Waals surface area contributed by atoms with Gasteiger partial charge in [0.1, 0.15) is 29.3 Å². The van der Waals surface area contributed by atoms with Gasteiger partial charge in [0.15, 0.2) is 23.3 Å². The van der Waals surface area contributed by atoms with E-state index in [4.69, 9.17) is 23.8 Å². The second-order valence-corrected chi connectivity index (χ2v) is 20.8. The Morgan fingerprint density at radius 1 is 0.571 bits per heavy atom. The van der Waals surface area contributed by atoms with Crippen molar-refractivity contribution in [1.82, 2.24) is 29.4 Å². The maximum Gasteiger partial charge on any atom is 0.302 e. The third-order valence-corrected chi connectivity index (χ3v) is 15.8. The summed E-state index contributed by atoms with van der Waals surface area (Å²) in [5, 5.41) is 18.3. The molecule has 0 radical (unpaired) electrons. The smallest absolute Gasteiger partial charge is 0.302 e. The number of aromatic nitrogens is 6. The lowest BCUT2D eigenvalue weighted by molar-refractivity contribution is -0.148. The monoisotopic (exact) mass is 1050 g/mol. The lowest BCUT2D eigenvalue weighted by Gasteiger charge is -2.32. The van der Waals surface area contributed by atoms with Gasteiger partial charge in [-0.25, -0.2) is 27.5 Å². The number of aliphatic hydroxyl groups is 1. The van der Waals surface area contributed by atoms with E-state index in [0.717, 1.165) is 130 Å². The molecule has 6 heterocycles. The molecular formula is C58H58F4N8O7. The molecule has 12 rings (SSSR count). The first-order valence-electron chi connectivity index (χ1n) is 26.3. The summed E-state index contributed by atoms with van der Waals surface area (Å²) in [5.74, 6) is -1.63. The first kappa shape index (κ1) is 51.4. The number of hydrogen-bond donors (Lipinski definition) is 1. The Morgan fingerprint density at radius 3 is 1.39 bits per heavy atom. The number of rotatable bonds is 9. The van der Waals surface area contributed by atoms with Crippen LogP contribution in [0.3, 0.4) is 0 Å². The van der Waals surface area contributed by atoms with Crippen molar-refractivity contribution in [3.05, 3.63) is 131 Å². The minimum absolute atomic E-state index is 0.0687. The SMILES string of the molecule is CC(=O)OC1CCC(n2c([C@@H]3CCC(=O)N3c3ccc(F)c(F)c3)nc3cc(-c4c(C)noc4C)ccc32)CC1.Cc1noc(C)c1-c1ccc2c(c1)nc([C@@H]1CCC(=O)N1c1ccc(F)c(F)c1)n2C1CCC(O)CC1. The fourth-order valence-corrected chi connectivity index (χ4v) is 12.3. The molecule has 0 unspecified atom stereocenters. The molecule has 2 saturated carbocycles. The number of fused-ring (bicyclic) bond motifs is 2. The summed E-state index contributed by atoms with van der Waals surface area (Å²) >= 11 is 0. The van der Waals surface area contributed by atoms with E-state index in [1.54, 1.807) is 9.80 Å². The van der Waals surface area contributed by atoms with Crippen molar-refractivity contribution in [2.75, 3.05) is 9.80 Å². The molecule has 2 aliphatic carbocycles. The van der Waals surface area contributed by atoms with Crippen LogP contribution in [0, 0.1) is 51.0 Å². The van der Waals surface area contributed by atoms with Crippen molar-refractivity contribution < 1.29 is 50.8 Å². The standard InChI is InChI=1S/C30H30F2N4O4.C28H28F2N4O3/c1-16-29(17(2)40-34-16)19-4-11-26-25(14-19)33-30(36(26)20-5-8-22(9-6-20)39-18(3)37)27-12-13-28(38)35(27)21-7-10-23(31)24(32)15-21;1-15-27(16(2)37-32-15)17-3-10-24-23(13-17)31-28(34(24)18-4-7-20(35)8-5-18)25-11-12-26(36)33(25)19-6-9-21(29)22(30)14-19/h4,7,10-11,14-15,20,22,27H,5-6,8-9,12-13H2,1-3H3;3,6,9-10,13-14,18,20,25,35H,4-5,7-8,11-12H2,1-2H3/t20?,22?,27-;18?,20?,25-/m00/s1. The molecule has 0 bridgehead atoms. The fraction of sp³-hybridized carbons (Fsp3) is 0.397. The van der Waals surface area contributed by atoms with Crippen LogP contribution >= 0.6 is 0 Å². The molecule has 4 fully saturated rings. The highest BCUT2D eigenvalue weighted by Crippen LogP contribution is 2.45. The van der Waals surface area contributed by atoms with Crippen molar-refractivity contribution in [3.8, 4) is 22.3 Å². The molecule has 8 aromatic rings. The molecule has 0 spiro atoms. The molecule has 19 heteroatoms. The van der Waals surface area contributed by atoms with Crippen LogP contribution in [0.1, 0.15) is 143 Å². The number of anilines is 2. The first-order chi connectivity index (χ1) is 37.0. The largest absolute Gasteiger partial charge is 0.463 e. The number of aliphatic hydroxyl groups excluding tert-OH is 1. The summed E-state index contributed by atoms with van der Waals surface area (Å²) in [5.41, 5.74) is 9.33. The van der Waals surface area contributed by atoms with Crippen molar-refractivity contribution >= 4 is 51.2 Å². The number of carbonyl (C=O) groups is 3. The van der Waals surface area contributed by atoms with Gasteiger partial charge < -0.3 is 37.8 Å². The predicted octanol–water partition coefficient (Wildman–Crippen LogP) is 12.4. The lowest BCUT2D eigenvalue weighted by Crippen LogP contribution is -2.31. The van der Waals surface area contributed by atoms with Gasteiger partial charge in [-0.3, -0.25) is 14.4 Å². The summed E-state index contributed by atoms with van der Waals surface area (Å²) in [4.78, 5) is 50.8. The van der Waals surface area contributed by atoms with Crippen molar-refractivity contribution in [2.24, 2.45) is 0 Å². The number of hydrogen-bond acceptors (Lipinski definition) is 11. The molecule has 2 aliphatic heterocycles. The molecular weight excluding hydrogens is 997 g/mol. The maximum atomic E-state index is 14.2. The van der Waals surface area contributed by atoms with Crippen LogP contribution in [0.15, 0.2) is 81.8 Å². The Bertz CT molecular complexity index is 3550. The highest BCUT2D eigenvalue weighted by atomic mass is 19.2. The van der Waals surface area contributed by atoms with E-state index in [9.17, 15) is 37.1 Å². The van der Waals surface area contributed by atoms with Crippen LogP contribution < -0.4 is 9.80 Å². The molecule has 77 heavy (non-hydrogen) atoms. The zero-order valence-corrected chi connectivity index (χ0v) is 43.4. The Hall–Kier alpha value is -7.67. The van der Waals surface area contributed by atoms with Crippen LogP contribution in [0.2, 0.25) is 0 Å². The maximum absolute atomic E-state index is 14.2. The van der Waals surface area contributed by atoms with E-state index >= 15 is 0 Å². The topological polar surface area (TPSA) is 175 Å². The number of ether oxygens (including phenoxy) is 1. The molecule has 2 atom stereocenters. The van der Waals surface area contributed by atoms with E-state index in [1.807, 2.05) is 64.1 Å². The van der Waals surface area contributed by atoms with Gasteiger partial charge in [-0.1, -0.05) is 22.4 Å². The number of esters is 1. The van der Waals surface area contributed by atoms with Gasteiger partial charge in [0.05, 0.1) is 51.6 Å². The minimum Gasteiger partial charge on any atom is -0.463 e. The average Bonchev–Trinajstić information content (AvgIpc) is 4.37. The third kappa shape index (κ3) is 9.67. The Kier molecular flexibility index (Phi) is 13.8. The van der Waals surface area contributed by atoms with Crippen molar-refractivity contribution in [3.63, 3.8) is 0 Å². The van der Waals surface area contributed by atoms with Crippen LogP contribution in [-0.4, -0.2) is 64.5 Å². The lowest BCUT2D eigenvalue weighted by atomic mass is 9.92. The van der Waals surface area contributed by atoms with Gasteiger partial charge in [0.25, 0.3) is 0 Å². The van der Waals surface area contributed by atoms with Gasteiger partial charge in [-0.15, -0.1) is 0 Å². The van der Waals surface area contributed by atoms with Gasteiger partial charge in [-0.2, -0.15) is 0 Å². The molecule has 2 saturated heterocycles. The van der Waals surface area contributed by atoms with E-state index in [-0.39, 0.29) is 48.5 Å². The minimum atomic E-state index is -1.00. The summed E-state index contributed by atoms with van der Waals surface area (Å²) in [6, 6.07) is 18.6. The molecule has 4 aromatic carbocycles. The van der Waals surface area contributed by atoms with E-state index in [2.05, 4.69) is 19.4 Å². The summed E-state index contributed by atoms with van der Waals surface area (Å²) in [7, 11) is 0. The number of aryl methyl sites for hydroxylation is 4. The number of halogens is 4. The normalized spacial score (nSPS) is 21.8. The van der Waals surface area contributed by atoms with Crippen LogP contribution in [-0.2, 0) is 19.1 Å². The van der Waals surface area contributed by atoms with Gasteiger partial charge in [0.2, 0.25) is 11.8 Å². The summed E-state index contributed by atoms with van der Waals surface area (Å²) in [6.45, 7) is 8.96. The molecule has 15 nitrogen and oxygen atoms in total. The fourth-order valence-electron chi connectivity index (χ4n) is 12.3. The Morgan fingerprint density at radius 2 is 1.00 bits per heavy atom. The second-order valence-electron chi connectivity index (χ2n) is 20.8. The van der Waals surface area contributed by atoms with Crippen LogP contribution in [0.4, 0.5) is 28.9 Å². The van der Waals surface area contributed by atoms with E-state index in [0.29, 0.717) is 55.1 Å². The number of imidazole rings is 2. The highest BCUT2D eigenvalue weighted by Gasteiger charge is 2.41. The Labute approximate surface area is 440 Å². The quantitative estimate of drug-likeness (QED) is 0.108. The predicted molar refractivity (Wildman–Crippen MR) is 278 cm³/mol. The molecule has 1 N–H and O–H groups in total. The Balaban J connectivity index is 0.000000164. The van der Waals surface area contributed by atoms with Gasteiger partial charge in [0, 0.05) is 66.5 Å². The second kappa shape index (κ2) is 20.7. The number of benzene rings is 4. The first-order valence-corrected chi connectivity index (χ1v) is 26.3. The molecule has 2 amide bonds. The average molecular weight is 1060 g/mol. The van der Waals surface area contributed by atoms with E-state index in [1.165, 1.54) is 19.1 Å². The number of nitrogens with zero attached hydrogens (tertiary/aromatic N) is 8. The zero-order chi connectivity index (χ0) is 54.0. The molecule has 4 aliphatic rings. The third-order valence-electron chi connectivity index (χ3n) is 15.8. The van der Waals surface area contributed by atoms with Crippen LogP contribution in [0.5, 0.6) is 0 Å². The number of carbonyl (C=O) groups excluding carboxylic acids is 3. The molecule has 400 valence electrons. The zero-order valence-electron chi connectivity index (χ0n) is 43.4.